The van der Waals surface area contributed by atoms with Crippen molar-refractivity contribution < 1.29 is 27.8 Å². The molecule has 1 saturated heterocycles. The van der Waals surface area contributed by atoms with Crippen LogP contribution in [0.4, 0.5) is 14.5 Å². The Balaban J connectivity index is 1.61. The predicted octanol–water partition coefficient (Wildman–Crippen LogP) is 6.20. The maximum atomic E-state index is 14.1. The van der Waals surface area contributed by atoms with Crippen LogP contribution in [0.1, 0.15) is 77.3 Å². The third-order valence-corrected chi connectivity index (χ3v) is 8.46. The first kappa shape index (κ1) is 30.2. The molecule has 2 heterocycles. The highest BCUT2D eigenvalue weighted by Gasteiger charge is 2.48. The van der Waals surface area contributed by atoms with E-state index in [2.05, 4.69) is 20.1 Å². The number of carbonyl (C=O) groups is 2. The highest BCUT2D eigenvalue weighted by atomic mass is 35.5. The van der Waals surface area contributed by atoms with Gasteiger partial charge in [0.25, 0.3) is 5.91 Å². The van der Waals surface area contributed by atoms with Gasteiger partial charge < -0.3 is 19.7 Å². The van der Waals surface area contributed by atoms with Crippen LogP contribution in [0, 0.1) is 5.41 Å². The molecule has 2 fully saturated rings. The van der Waals surface area contributed by atoms with E-state index in [4.69, 9.17) is 16.3 Å². The molecule has 0 radical (unpaired) electrons. The first-order chi connectivity index (χ1) is 19.1. The first-order valence-corrected chi connectivity index (χ1v) is 14.5. The van der Waals surface area contributed by atoms with Gasteiger partial charge in [-0.25, -0.2) is 0 Å². The maximum absolute atomic E-state index is 14.1. The molecule has 1 saturated carbocycles. The third-order valence-electron chi connectivity index (χ3n) is 8.23. The van der Waals surface area contributed by atoms with Gasteiger partial charge >= 0.3 is 12.6 Å². The van der Waals surface area contributed by atoms with E-state index >= 15 is 0 Å². The zero-order valence-electron chi connectivity index (χ0n) is 23.4. The number of hydrogen-bond donors (Lipinski definition) is 1. The maximum Gasteiger partial charge on any atom is 0.387 e. The molecule has 0 bridgehead atoms. The van der Waals surface area contributed by atoms with Crippen molar-refractivity contribution >= 4 is 29.2 Å². The molecular weight excluding hydrogens is 542 g/mol. The smallest absolute Gasteiger partial charge is 0.387 e. The van der Waals surface area contributed by atoms with Crippen molar-refractivity contribution in [1.82, 2.24) is 14.7 Å². The summed E-state index contributed by atoms with van der Waals surface area (Å²) in [5, 5.41) is 7.63. The number of aromatic nitrogens is 2. The summed E-state index contributed by atoms with van der Waals surface area (Å²) >= 11 is 6.01. The largest absolute Gasteiger partial charge is 0.466 e. The Morgan fingerprint density at radius 3 is 2.42 bits per heavy atom. The number of esters is 1. The zero-order valence-corrected chi connectivity index (χ0v) is 24.2. The molecule has 1 aliphatic heterocycles. The number of nitrogens with zero attached hydrogens (tertiary/aromatic N) is 3. The van der Waals surface area contributed by atoms with E-state index in [0.29, 0.717) is 39.1 Å². The van der Waals surface area contributed by atoms with Crippen molar-refractivity contribution in [1.29, 1.82) is 0 Å². The molecule has 220 valence electrons. The monoisotopic (exact) mass is 580 g/mol. The molecule has 0 atom stereocenters. The second kappa shape index (κ2) is 12.9. The summed E-state index contributed by atoms with van der Waals surface area (Å²) in [6, 6.07) is 6.12. The number of benzene rings is 1. The second-order valence-corrected chi connectivity index (χ2v) is 11.6. The van der Waals surface area contributed by atoms with Gasteiger partial charge in [-0.3, -0.25) is 14.3 Å². The van der Waals surface area contributed by atoms with Crippen molar-refractivity contribution in [2.45, 2.75) is 83.8 Å². The number of anilines is 1. The number of ether oxygens (including phenoxy) is 2. The zero-order chi connectivity index (χ0) is 28.9. The molecule has 1 aromatic carbocycles. The summed E-state index contributed by atoms with van der Waals surface area (Å²) in [6.07, 6.45) is 7.24. The lowest BCUT2D eigenvalue weighted by molar-refractivity contribution is -0.159. The Kier molecular flexibility index (Phi) is 9.72. The van der Waals surface area contributed by atoms with E-state index in [0.717, 1.165) is 37.8 Å². The predicted molar refractivity (Wildman–Crippen MR) is 149 cm³/mol. The minimum absolute atomic E-state index is 0.104. The van der Waals surface area contributed by atoms with Gasteiger partial charge in [0.05, 0.1) is 17.7 Å². The number of piperidine rings is 1. The van der Waals surface area contributed by atoms with Gasteiger partial charge in [-0.1, -0.05) is 44.7 Å². The van der Waals surface area contributed by atoms with Crippen LogP contribution in [-0.4, -0.2) is 59.4 Å². The highest BCUT2D eigenvalue weighted by Crippen LogP contribution is 2.41. The molecule has 2 aliphatic rings. The molecule has 11 heteroatoms. The van der Waals surface area contributed by atoms with Crippen molar-refractivity contribution in [3.8, 4) is 5.75 Å². The highest BCUT2D eigenvalue weighted by molar-refractivity contribution is 6.30. The normalized spacial score (nSPS) is 19.0. The van der Waals surface area contributed by atoms with Crippen molar-refractivity contribution in [3.05, 3.63) is 41.2 Å². The van der Waals surface area contributed by atoms with Gasteiger partial charge in [0, 0.05) is 42.6 Å². The number of alkyl halides is 2. The molecule has 1 aliphatic carbocycles. The van der Waals surface area contributed by atoms with E-state index in [-0.39, 0.29) is 34.3 Å². The van der Waals surface area contributed by atoms with E-state index in [9.17, 15) is 18.4 Å². The van der Waals surface area contributed by atoms with Crippen LogP contribution in [0.2, 0.25) is 5.02 Å². The Labute approximate surface area is 239 Å². The Bertz CT molecular complexity index is 1170. The molecular formula is C29H39ClF2N4O4. The second-order valence-electron chi connectivity index (χ2n) is 11.2. The van der Waals surface area contributed by atoms with Crippen molar-refractivity contribution in [2.24, 2.45) is 5.41 Å². The standard InChI is InChI=1S/C29H39ClF2N4O4/c1-4-39-26(38)28(11-6-5-7-12-28)19-35-16-13-29(14-17-35,36-23(20(2)3)10-15-33-36)25(37)34-22-9-8-21(30)18-24(22)40-27(31)32/h8-10,15,18,20,27H,4-7,11-14,16-17,19H2,1-3H3,(H,34,37). The minimum Gasteiger partial charge on any atom is -0.466 e. The lowest BCUT2D eigenvalue weighted by Gasteiger charge is -2.45. The first-order valence-electron chi connectivity index (χ1n) is 14.1. The van der Waals surface area contributed by atoms with Crippen molar-refractivity contribution in [2.75, 3.05) is 31.6 Å². The topological polar surface area (TPSA) is 85.7 Å². The van der Waals surface area contributed by atoms with E-state index in [1.165, 1.54) is 18.2 Å². The van der Waals surface area contributed by atoms with Gasteiger partial charge in [0.15, 0.2) is 5.75 Å². The van der Waals surface area contributed by atoms with Gasteiger partial charge in [-0.15, -0.1) is 0 Å². The molecule has 1 amide bonds. The molecule has 8 nitrogen and oxygen atoms in total. The van der Waals surface area contributed by atoms with Crippen LogP contribution in [0.5, 0.6) is 5.75 Å². The summed E-state index contributed by atoms with van der Waals surface area (Å²) < 4.78 is 38.1. The van der Waals surface area contributed by atoms with E-state index in [1.54, 1.807) is 10.9 Å². The molecule has 2 aromatic rings. The summed E-state index contributed by atoms with van der Waals surface area (Å²) in [5.74, 6) is -0.598. The molecule has 0 unspecified atom stereocenters. The van der Waals surface area contributed by atoms with Crippen LogP contribution in [-0.2, 0) is 19.9 Å². The van der Waals surface area contributed by atoms with Gasteiger partial charge in [-0.2, -0.15) is 13.9 Å². The number of rotatable bonds is 10. The number of amides is 1. The molecule has 1 N–H and O–H groups in total. The SMILES string of the molecule is CCOC(=O)C1(CN2CCC(C(=O)Nc3ccc(Cl)cc3OC(F)F)(n3nccc3C(C)C)CC2)CCCCC1. The number of likely N-dealkylation sites (tertiary alicyclic amines) is 1. The average molecular weight is 581 g/mol. The molecule has 0 spiro atoms. The summed E-state index contributed by atoms with van der Waals surface area (Å²) in [7, 11) is 0. The van der Waals surface area contributed by atoms with Crippen LogP contribution >= 0.6 is 11.6 Å². The Hall–Kier alpha value is -2.72. The van der Waals surface area contributed by atoms with Gasteiger partial charge in [0.2, 0.25) is 0 Å². The third kappa shape index (κ3) is 6.43. The van der Waals surface area contributed by atoms with Crippen LogP contribution in [0.3, 0.4) is 0 Å². The summed E-state index contributed by atoms with van der Waals surface area (Å²) in [5.41, 5.74) is -0.585. The number of carbonyl (C=O) groups excluding carboxylic acids is 2. The Morgan fingerprint density at radius 2 is 1.80 bits per heavy atom. The Morgan fingerprint density at radius 1 is 1.10 bits per heavy atom. The van der Waals surface area contributed by atoms with Crippen molar-refractivity contribution in [3.63, 3.8) is 0 Å². The van der Waals surface area contributed by atoms with E-state index < -0.39 is 17.6 Å². The lowest BCUT2D eigenvalue weighted by Crippen LogP contribution is -2.56. The van der Waals surface area contributed by atoms with Gasteiger partial charge in [-0.05, 0) is 56.7 Å². The quantitative estimate of drug-likeness (QED) is 0.337. The fourth-order valence-electron chi connectivity index (χ4n) is 6.12. The molecule has 1 aromatic heterocycles. The fourth-order valence-corrected chi connectivity index (χ4v) is 6.29. The van der Waals surface area contributed by atoms with Crippen LogP contribution in [0.15, 0.2) is 30.5 Å². The summed E-state index contributed by atoms with van der Waals surface area (Å²) in [6.45, 7) is 4.89. The minimum atomic E-state index is -3.07. The molecule has 4 rings (SSSR count). The number of nitrogens with one attached hydrogen (secondary N) is 1. The van der Waals surface area contributed by atoms with Gasteiger partial charge in [0.1, 0.15) is 5.54 Å². The summed E-state index contributed by atoms with van der Waals surface area (Å²) in [4.78, 5) is 29.4. The van der Waals surface area contributed by atoms with Crippen LogP contribution < -0.4 is 10.1 Å². The molecule has 40 heavy (non-hydrogen) atoms. The number of hydrogen-bond acceptors (Lipinski definition) is 6. The fraction of sp³-hybridized carbons (Fsp3) is 0.621. The lowest BCUT2D eigenvalue weighted by atomic mass is 9.73. The number of halogens is 3. The average Bonchev–Trinajstić information content (AvgIpc) is 3.42. The van der Waals surface area contributed by atoms with E-state index in [1.807, 2.05) is 26.8 Å². The van der Waals surface area contributed by atoms with Crippen LogP contribution in [0.25, 0.3) is 0 Å².